The van der Waals surface area contributed by atoms with E-state index >= 15 is 0 Å². The van der Waals surface area contributed by atoms with Gasteiger partial charge in [0.15, 0.2) is 0 Å². The molecule has 106 valence electrons. The number of rotatable bonds is 3. The summed E-state index contributed by atoms with van der Waals surface area (Å²) in [6.07, 6.45) is 2.62. The fraction of sp³-hybridized carbons (Fsp3) is 0.500. The van der Waals surface area contributed by atoms with E-state index in [0.717, 1.165) is 18.4 Å². The molecule has 1 N–H and O–H groups in total. The van der Waals surface area contributed by atoms with Crippen molar-refractivity contribution < 1.29 is 9.59 Å². The molecule has 0 spiro atoms. The number of nitrogens with zero attached hydrogens (tertiary/aromatic N) is 1. The van der Waals surface area contributed by atoms with E-state index in [1.807, 2.05) is 37.3 Å². The number of carbonyl (C=O) groups excluding carboxylic acids is 2. The number of carbonyl (C=O) groups is 2. The zero-order chi connectivity index (χ0) is 14.3. The third-order valence-corrected chi connectivity index (χ3v) is 4.75. The van der Waals surface area contributed by atoms with Gasteiger partial charge in [-0.2, -0.15) is 0 Å². The lowest BCUT2D eigenvalue weighted by Crippen LogP contribution is -2.69. The van der Waals surface area contributed by atoms with Crippen LogP contribution in [0.1, 0.15) is 25.3 Å². The highest BCUT2D eigenvalue weighted by Gasteiger charge is 2.55. The smallest absolute Gasteiger partial charge is 0.246 e. The summed E-state index contributed by atoms with van der Waals surface area (Å²) in [5, 5.41) is 2.93. The van der Waals surface area contributed by atoms with E-state index in [1.165, 1.54) is 0 Å². The Kier molecular flexibility index (Phi) is 3.04. The van der Waals surface area contributed by atoms with Crippen molar-refractivity contribution in [3.05, 3.63) is 35.9 Å². The maximum absolute atomic E-state index is 12.5. The molecule has 20 heavy (non-hydrogen) atoms. The van der Waals surface area contributed by atoms with Gasteiger partial charge in [-0.1, -0.05) is 30.3 Å². The van der Waals surface area contributed by atoms with E-state index in [1.54, 1.807) is 11.9 Å². The lowest BCUT2D eigenvalue weighted by Gasteiger charge is -2.44. The third-order valence-electron chi connectivity index (χ3n) is 4.75. The van der Waals surface area contributed by atoms with Gasteiger partial charge in [0.25, 0.3) is 0 Å². The van der Waals surface area contributed by atoms with Crippen molar-refractivity contribution in [3.63, 3.8) is 0 Å². The number of hydrogen-bond donors (Lipinski definition) is 1. The molecule has 1 saturated carbocycles. The highest BCUT2D eigenvalue weighted by atomic mass is 16.2. The molecular weight excluding hydrogens is 252 g/mol. The van der Waals surface area contributed by atoms with E-state index in [4.69, 9.17) is 0 Å². The van der Waals surface area contributed by atoms with Gasteiger partial charge in [-0.3, -0.25) is 9.59 Å². The van der Waals surface area contributed by atoms with Gasteiger partial charge < -0.3 is 10.2 Å². The van der Waals surface area contributed by atoms with Crippen molar-refractivity contribution in [2.75, 3.05) is 7.05 Å². The van der Waals surface area contributed by atoms with Gasteiger partial charge in [-0.05, 0) is 31.2 Å². The quantitative estimate of drug-likeness (QED) is 0.903. The molecule has 4 heteroatoms. The van der Waals surface area contributed by atoms with E-state index in [2.05, 4.69) is 5.32 Å². The minimum Gasteiger partial charge on any atom is -0.342 e. The average Bonchev–Trinajstić information content (AvgIpc) is 3.28. The first-order chi connectivity index (χ1) is 9.53. The predicted octanol–water partition coefficient (Wildman–Crippen LogP) is 1.35. The van der Waals surface area contributed by atoms with Gasteiger partial charge in [-0.25, -0.2) is 0 Å². The van der Waals surface area contributed by atoms with Crippen LogP contribution in [0.25, 0.3) is 0 Å². The highest BCUT2D eigenvalue weighted by Crippen LogP contribution is 2.44. The number of piperazine rings is 1. The van der Waals surface area contributed by atoms with Crippen LogP contribution in [-0.2, 0) is 16.0 Å². The van der Waals surface area contributed by atoms with E-state index < -0.39 is 11.6 Å². The van der Waals surface area contributed by atoms with Crippen LogP contribution >= 0.6 is 0 Å². The number of amides is 2. The summed E-state index contributed by atoms with van der Waals surface area (Å²) in [7, 11) is 1.76. The first-order valence-corrected chi connectivity index (χ1v) is 7.16. The van der Waals surface area contributed by atoms with Crippen LogP contribution in [0.4, 0.5) is 0 Å². The molecule has 2 amide bonds. The van der Waals surface area contributed by atoms with Crippen LogP contribution in [0.5, 0.6) is 0 Å². The molecule has 0 bridgehead atoms. The van der Waals surface area contributed by atoms with Crippen molar-refractivity contribution >= 4 is 11.8 Å². The number of benzene rings is 1. The standard InChI is InChI=1S/C16H20N2O2/c1-16(12-8-9-12)15(20)17-13(14(19)18(16)2)10-11-6-4-3-5-7-11/h3-7,12-13H,8-10H2,1-2H3,(H,17,20). The van der Waals surface area contributed by atoms with Crippen LogP contribution in [0.15, 0.2) is 30.3 Å². The van der Waals surface area contributed by atoms with Crippen LogP contribution in [0, 0.1) is 5.92 Å². The molecule has 1 aromatic rings. The van der Waals surface area contributed by atoms with Gasteiger partial charge in [-0.15, -0.1) is 0 Å². The Labute approximate surface area is 119 Å². The molecule has 2 aliphatic rings. The zero-order valence-electron chi connectivity index (χ0n) is 11.9. The van der Waals surface area contributed by atoms with E-state index in [9.17, 15) is 9.59 Å². The lowest BCUT2D eigenvalue weighted by atomic mass is 9.87. The summed E-state index contributed by atoms with van der Waals surface area (Å²) in [6, 6.07) is 9.36. The molecule has 1 saturated heterocycles. The topological polar surface area (TPSA) is 49.4 Å². The normalized spacial score (nSPS) is 30.3. The number of likely N-dealkylation sites (N-methyl/N-ethyl adjacent to an activating group) is 1. The van der Waals surface area contributed by atoms with Gasteiger partial charge in [0.05, 0.1) is 0 Å². The van der Waals surface area contributed by atoms with Gasteiger partial charge in [0.2, 0.25) is 11.8 Å². The molecule has 1 aliphatic heterocycles. The molecule has 3 rings (SSSR count). The Bertz CT molecular complexity index is 539. The summed E-state index contributed by atoms with van der Waals surface area (Å²) in [6.45, 7) is 1.89. The first kappa shape index (κ1) is 13.2. The molecule has 4 nitrogen and oxygen atoms in total. The second kappa shape index (κ2) is 4.62. The maximum Gasteiger partial charge on any atom is 0.246 e. The second-order valence-corrected chi connectivity index (χ2v) is 6.03. The Hall–Kier alpha value is -1.84. The summed E-state index contributed by atoms with van der Waals surface area (Å²) in [5.74, 6) is 0.319. The van der Waals surface area contributed by atoms with Crippen molar-refractivity contribution in [1.29, 1.82) is 0 Å². The lowest BCUT2D eigenvalue weighted by molar-refractivity contribution is -0.155. The molecule has 2 fully saturated rings. The fourth-order valence-electron chi connectivity index (χ4n) is 3.07. The van der Waals surface area contributed by atoms with E-state index in [0.29, 0.717) is 12.3 Å². The summed E-state index contributed by atoms with van der Waals surface area (Å²) in [4.78, 5) is 26.6. The molecule has 0 aromatic heterocycles. The Morgan fingerprint density at radius 3 is 2.50 bits per heavy atom. The van der Waals surface area contributed by atoms with Crippen molar-refractivity contribution in [1.82, 2.24) is 10.2 Å². The third kappa shape index (κ3) is 1.99. The Morgan fingerprint density at radius 1 is 1.25 bits per heavy atom. The van der Waals surface area contributed by atoms with Gasteiger partial charge >= 0.3 is 0 Å². The minimum atomic E-state index is -0.662. The predicted molar refractivity (Wildman–Crippen MR) is 76.0 cm³/mol. The van der Waals surface area contributed by atoms with Gasteiger partial charge in [0.1, 0.15) is 11.6 Å². The Balaban J connectivity index is 1.79. The summed E-state index contributed by atoms with van der Waals surface area (Å²) < 4.78 is 0. The van der Waals surface area contributed by atoms with Crippen LogP contribution in [-0.4, -0.2) is 35.3 Å². The molecule has 0 radical (unpaired) electrons. The van der Waals surface area contributed by atoms with E-state index in [-0.39, 0.29) is 11.8 Å². The SMILES string of the molecule is CN1C(=O)C(Cc2ccccc2)NC(=O)C1(C)C1CC1. The molecule has 1 aliphatic carbocycles. The Morgan fingerprint density at radius 2 is 1.90 bits per heavy atom. The molecule has 2 atom stereocenters. The molecule has 1 heterocycles. The van der Waals surface area contributed by atoms with Crippen LogP contribution < -0.4 is 5.32 Å². The maximum atomic E-state index is 12.5. The second-order valence-electron chi connectivity index (χ2n) is 6.03. The number of nitrogens with one attached hydrogen (secondary N) is 1. The average molecular weight is 272 g/mol. The van der Waals surface area contributed by atoms with Gasteiger partial charge in [0, 0.05) is 13.5 Å². The van der Waals surface area contributed by atoms with Crippen LogP contribution in [0.2, 0.25) is 0 Å². The van der Waals surface area contributed by atoms with Crippen molar-refractivity contribution in [3.8, 4) is 0 Å². The molecule has 1 aromatic carbocycles. The monoisotopic (exact) mass is 272 g/mol. The highest BCUT2D eigenvalue weighted by molar-refractivity contribution is 6.00. The van der Waals surface area contributed by atoms with Crippen LogP contribution in [0.3, 0.4) is 0 Å². The fourth-order valence-corrected chi connectivity index (χ4v) is 3.07. The first-order valence-electron chi connectivity index (χ1n) is 7.16. The molecular formula is C16H20N2O2. The molecule has 2 unspecified atom stereocenters. The van der Waals surface area contributed by atoms with Crippen molar-refractivity contribution in [2.24, 2.45) is 5.92 Å². The van der Waals surface area contributed by atoms with Crippen molar-refractivity contribution in [2.45, 2.75) is 37.8 Å². The summed E-state index contributed by atoms with van der Waals surface area (Å²) >= 11 is 0. The largest absolute Gasteiger partial charge is 0.342 e. The minimum absolute atomic E-state index is 0.0111. The summed E-state index contributed by atoms with van der Waals surface area (Å²) in [5.41, 5.74) is 0.402. The zero-order valence-corrected chi connectivity index (χ0v) is 11.9. The number of hydrogen-bond acceptors (Lipinski definition) is 2.